The number of nitrogens with two attached hydrogens (primary N) is 1. The molecule has 0 spiro atoms. The largest absolute Gasteiger partial charge is 0.493 e. The average molecular weight is 553 g/mol. The molecule has 1 unspecified atom stereocenters. The fraction of sp³-hybridized carbons (Fsp3) is 0.367. The van der Waals surface area contributed by atoms with Gasteiger partial charge in [-0.3, -0.25) is 14.4 Å². The molecule has 1 aliphatic carbocycles. The third kappa shape index (κ3) is 5.58. The standard InChI is InChI=1S/C30H33FN2O7/c1-16(2)10-21(32)30(36)40-9-8-33-15-20(19-13-18(31)6-7-22(19)33)28-24(35)14-23(34)27(28)17-11-25(37-3)29(39-5)26(12-17)38-4/h6-7,11-13,15-16,21H,8-10,14,32H2,1-5H3. The topological polar surface area (TPSA) is 119 Å². The molecule has 1 aromatic heterocycles. The number of carbonyl (C=O) groups excluding carboxylic acids is 3. The Balaban J connectivity index is 1.79. The average Bonchev–Trinajstić information content (AvgIpc) is 3.41. The molecule has 40 heavy (non-hydrogen) atoms. The molecule has 2 aromatic carbocycles. The Hall–Kier alpha value is -4.18. The Morgan fingerprint density at radius 3 is 2.25 bits per heavy atom. The number of hydrogen-bond acceptors (Lipinski definition) is 8. The van der Waals surface area contributed by atoms with E-state index in [1.54, 1.807) is 29.0 Å². The molecule has 3 aromatic rings. The number of benzene rings is 2. The molecule has 0 aliphatic heterocycles. The van der Waals surface area contributed by atoms with Gasteiger partial charge in [0, 0.05) is 33.8 Å². The number of nitrogens with zero attached hydrogens (tertiary/aromatic N) is 1. The predicted octanol–water partition coefficient (Wildman–Crippen LogP) is 4.18. The number of esters is 1. The number of aromatic nitrogens is 1. The fourth-order valence-corrected chi connectivity index (χ4v) is 5.03. The highest BCUT2D eigenvalue weighted by Crippen LogP contribution is 2.44. The number of carbonyl (C=O) groups is 3. The molecule has 0 fully saturated rings. The minimum absolute atomic E-state index is 0.0247. The van der Waals surface area contributed by atoms with Crippen molar-refractivity contribution < 1.29 is 37.7 Å². The number of rotatable bonds is 11. The lowest BCUT2D eigenvalue weighted by atomic mass is 9.95. The van der Waals surface area contributed by atoms with Gasteiger partial charge >= 0.3 is 5.97 Å². The molecule has 4 rings (SSSR count). The van der Waals surface area contributed by atoms with E-state index in [2.05, 4.69) is 0 Å². The van der Waals surface area contributed by atoms with Crippen molar-refractivity contribution in [2.24, 2.45) is 11.7 Å². The number of ether oxygens (including phenoxy) is 4. The van der Waals surface area contributed by atoms with Crippen LogP contribution in [0, 0.1) is 11.7 Å². The third-order valence-electron chi connectivity index (χ3n) is 6.80. The maximum atomic E-state index is 14.4. The van der Waals surface area contributed by atoms with Crippen molar-refractivity contribution in [3.05, 3.63) is 53.5 Å². The second kappa shape index (κ2) is 11.9. The number of methoxy groups -OCH3 is 3. The van der Waals surface area contributed by atoms with Crippen LogP contribution in [0.5, 0.6) is 17.2 Å². The predicted molar refractivity (Wildman–Crippen MR) is 148 cm³/mol. The summed E-state index contributed by atoms with van der Waals surface area (Å²) in [6, 6.07) is 6.70. The number of fused-ring (bicyclic) bond motifs is 1. The van der Waals surface area contributed by atoms with E-state index in [9.17, 15) is 18.8 Å². The van der Waals surface area contributed by atoms with Crippen LogP contribution in [-0.2, 0) is 25.7 Å². The lowest BCUT2D eigenvalue weighted by Gasteiger charge is -2.15. The molecule has 1 heterocycles. The first-order chi connectivity index (χ1) is 19.1. The highest BCUT2D eigenvalue weighted by molar-refractivity contribution is 6.51. The molecular weight excluding hydrogens is 519 g/mol. The lowest BCUT2D eigenvalue weighted by molar-refractivity contribution is -0.145. The van der Waals surface area contributed by atoms with E-state index in [0.717, 1.165) is 0 Å². The first kappa shape index (κ1) is 28.8. The van der Waals surface area contributed by atoms with Gasteiger partial charge in [-0.25, -0.2) is 4.39 Å². The summed E-state index contributed by atoms with van der Waals surface area (Å²) in [5, 5.41) is 0.450. The van der Waals surface area contributed by atoms with Crippen LogP contribution in [0.2, 0.25) is 0 Å². The summed E-state index contributed by atoms with van der Waals surface area (Å²) >= 11 is 0. The Kier molecular flexibility index (Phi) is 8.58. The van der Waals surface area contributed by atoms with Gasteiger partial charge in [-0.1, -0.05) is 13.8 Å². The molecule has 0 radical (unpaired) electrons. The van der Waals surface area contributed by atoms with Crippen LogP contribution in [0.1, 0.15) is 37.8 Å². The number of hydrogen-bond donors (Lipinski definition) is 1. The van der Waals surface area contributed by atoms with E-state index in [4.69, 9.17) is 24.7 Å². The zero-order valence-corrected chi connectivity index (χ0v) is 23.2. The lowest BCUT2D eigenvalue weighted by Crippen LogP contribution is -2.34. The first-order valence-corrected chi connectivity index (χ1v) is 12.9. The van der Waals surface area contributed by atoms with Crippen molar-refractivity contribution in [2.45, 2.75) is 39.3 Å². The Morgan fingerprint density at radius 1 is 1.00 bits per heavy atom. The number of Topliss-reactive ketones (excluding diaryl/α,β-unsaturated/α-hetero) is 2. The van der Waals surface area contributed by atoms with Gasteiger partial charge in [-0.2, -0.15) is 0 Å². The SMILES string of the molecule is COc1cc(C2=C(c3cn(CCOC(=O)C(N)CC(C)C)c4ccc(F)cc34)C(=O)CC2=O)cc(OC)c1OC. The van der Waals surface area contributed by atoms with Crippen molar-refractivity contribution in [2.75, 3.05) is 27.9 Å². The van der Waals surface area contributed by atoms with Crippen molar-refractivity contribution >= 4 is 39.6 Å². The quantitative estimate of drug-likeness (QED) is 0.278. The molecule has 10 heteroatoms. The van der Waals surface area contributed by atoms with Crippen LogP contribution in [0.4, 0.5) is 4.39 Å². The minimum atomic E-state index is -0.723. The normalized spacial score (nSPS) is 14.3. The van der Waals surface area contributed by atoms with Gasteiger partial charge in [0.1, 0.15) is 18.5 Å². The number of ketones is 2. The molecule has 2 N–H and O–H groups in total. The van der Waals surface area contributed by atoms with E-state index < -0.39 is 17.8 Å². The van der Waals surface area contributed by atoms with Crippen LogP contribution >= 0.6 is 0 Å². The zero-order valence-electron chi connectivity index (χ0n) is 23.2. The monoisotopic (exact) mass is 552 g/mol. The molecule has 0 saturated heterocycles. The van der Waals surface area contributed by atoms with Crippen LogP contribution in [0.25, 0.3) is 22.0 Å². The minimum Gasteiger partial charge on any atom is -0.493 e. The van der Waals surface area contributed by atoms with E-state index in [-0.39, 0.29) is 48.2 Å². The van der Waals surface area contributed by atoms with E-state index in [1.165, 1.54) is 33.5 Å². The van der Waals surface area contributed by atoms with Crippen molar-refractivity contribution in [1.29, 1.82) is 0 Å². The maximum absolute atomic E-state index is 14.4. The van der Waals surface area contributed by atoms with Crippen LogP contribution in [0.3, 0.4) is 0 Å². The molecular formula is C30H33FN2O7. The van der Waals surface area contributed by atoms with Crippen molar-refractivity contribution in [3.8, 4) is 17.2 Å². The van der Waals surface area contributed by atoms with Gasteiger partial charge in [-0.05, 0) is 48.2 Å². The molecule has 212 valence electrons. The van der Waals surface area contributed by atoms with Gasteiger partial charge in [-0.15, -0.1) is 0 Å². The van der Waals surface area contributed by atoms with Crippen LogP contribution in [0.15, 0.2) is 36.5 Å². The summed E-state index contributed by atoms with van der Waals surface area (Å²) in [7, 11) is 4.38. The van der Waals surface area contributed by atoms with Crippen molar-refractivity contribution in [1.82, 2.24) is 4.57 Å². The number of allylic oxidation sites excluding steroid dienone is 2. The highest BCUT2D eigenvalue weighted by Gasteiger charge is 2.35. The zero-order chi connectivity index (χ0) is 29.1. The molecule has 1 atom stereocenters. The van der Waals surface area contributed by atoms with E-state index >= 15 is 0 Å². The van der Waals surface area contributed by atoms with E-state index in [1.807, 2.05) is 13.8 Å². The maximum Gasteiger partial charge on any atom is 0.322 e. The Labute approximate surface area is 231 Å². The Morgan fingerprint density at radius 2 is 1.65 bits per heavy atom. The summed E-state index contributed by atoms with van der Waals surface area (Å²) < 4.78 is 37.9. The van der Waals surface area contributed by atoms with Gasteiger partial charge < -0.3 is 29.2 Å². The van der Waals surface area contributed by atoms with Crippen LogP contribution < -0.4 is 19.9 Å². The smallest absolute Gasteiger partial charge is 0.322 e. The molecule has 1 aliphatic rings. The third-order valence-corrected chi connectivity index (χ3v) is 6.80. The summed E-state index contributed by atoms with van der Waals surface area (Å²) in [6.07, 6.45) is 1.85. The molecule has 9 nitrogen and oxygen atoms in total. The van der Waals surface area contributed by atoms with Crippen LogP contribution in [-0.4, -0.2) is 56.1 Å². The van der Waals surface area contributed by atoms with Crippen molar-refractivity contribution in [3.63, 3.8) is 0 Å². The highest BCUT2D eigenvalue weighted by atomic mass is 19.1. The van der Waals surface area contributed by atoms with Gasteiger partial charge in [0.05, 0.1) is 34.3 Å². The summed E-state index contributed by atoms with van der Waals surface area (Å²) in [5.74, 6) is -0.529. The van der Waals surface area contributed by atoms with Gasteiger partial charge in [0.25, 0.3) is 0 Å². The second-order valence-corrected chi connectivity index (χ2v) is 9.99. The molecule has 0 bridgehead atoms. The molecule has 0 amide bonds. The summed E-state index contributed by atoms with van der Waals surface area (Å²) in [6.45, 7) is 4.19. The summed E-state index contributed by atoms with van der Waals surface area (Å²) in [5.41, 5.74) is 7.70. The van der Waals surface area contributed by atoms with Gasteiger partial charge in [0.2, 0.25) is 5.75 Å². The number of halogens is 1. The molecule has 0 saturated carbocycles. The second-order valence-electron chi connectivity index (χ2n) is 9.99. The Bertz CT molecular complexity index is 1480. The summed E-state index contributed by atoms with van der Waals surface area (Å²) in [4.78, 5) is 38.7. The van der Waals surface area contributed by atoms with E-state index in [0.29, 0.717) is 45.7 Å². The fourth-order valence-electron chi connectivity index (χ4n) is 5.03. The first-order valence-electron chi connectivity index (χ1n) is 12.9. The van der Waals surface area contributed by atoms with Gasteiger partial charge in [0.15, 0.2) is 23.1 Å².